The molecule has 6 nitrogen and oxygen atoms in total. The van der Waals surface area contributed by atoms with E-state index >= 15 is 0 Å². The summed E-state index contributed by atoms with van der Waals surface area (Å²) >= 11 is 0. The van der Waals surface area contributed by atoms with Crippen LogP contribution in [-0.4, -0.2) is 51.5 Å². The second-order valence-electron chi connectivity index (χ2n) is 8.38. The van der Waals surface area contributed by atoms with Gasteiger partial charge in [0.15, 0.2) is 11.6 Å². The van der Waals surface area contributed by atoms with Crippen LogP contribution in [-0.2, 0) is 13.1 Å². The van der Waals surface area contributed by atoms with Crippen LogP contribution in [0.15, 0.2) is 60.9 Å². The number of ether oxygens (including phenoxy) is 2. The normalized spacial score (nSPS) is 16.1. The number of aryl methyl sites for hydroxylation is 1. The highest BCUT2D eigenvalue weighted by molar-refractivity contribution is 5.27. The molecule has 1 saturated heterocycles. The zero-order chi connectivity index (χ0) is 22.4. The second kappa shape index (κ2) is 10.1. The largest absolute Gasteiger partial charge is 0.492 e. The summed E-state index contributed by atoms with van der Waals surface area (Å²) in [5, 5.41) is 10.8. The maximum absolute atomic E-state index is 13.7. The van der Waals surface area contributed by atoms with Crippen LogP contribution in [0.2, 0.25) is 0 Å². The van der Waals surface area contributed by atoms with Gasteiger partial charge in [0.1, 0.15) is 30.4 Å². The number of benzene rings is 2. The lowest BCUT2D eigenvalue weighted by molar-refractivity contribution is -0.0543. The number of nitrogens with zero attached hydrogens (tertiary/aromatic N) is 3. The van der Waals surface area contributed by atoms with Crippen LogP contribution >= 0.6 is 0 Å². The fraction of sp³-hybridized carbons (Fsp3) is 0.400. The van der Waals surface area contributed by atoms with Crippen LogP contribution in [0, 0.1) is 12.7 Å². The van der Waals surface area contributed by atoms with E-state index in [1.165, 1.54) is 11.6 Å². The summed E-state index contributed by atoms with van der Waals surface area (Å²) in [6, 6.07) is 14.5. The molecule has 2 aromatic carbocycles. The summed E-state index contributed by atoms with van der Waals surface area (Å²) in [5.74, 6) is 1.62. The topological polar surface area (TPSA) is 59.8 Å². The Bertz CT molecular complexity index is 998. The van der Waals surface area contributed by atoms with Crippen molar-refractivity contribution in [3.8, 4) is 11.5 Å². The number of aliphatic hydroxyl groups is 1. The smallest absolute Gasteiger partial charge is 0.165 e. The van der Waals surface area contributed by atoms with E-state index in [9.17, 15) is 9.50 Å². The monoisotopic (exact) mass is 439 g/mol. The standard InChI is InChI=1S/C25H30FN3O3/c1-20-27-12-15-29(20)16-17-31-22-8-6-21(7-9-22)18-28-13-10-25(30,11-14-28)19-32-24-5-3-2-4-23(24)26/h2-9,12,15,30H,10-11,13-14,16-19H2,1H3. The van der Waals surface area contributed by atoms with E-state index in [1.54, 1.807) is 24.4 Å². The molecule has 1 fully saturated rings. The number of hydrogen-bond donors (Lipinski definition) is 1. The molecule has 0 spiro atoms. The molecule has 0 bridgehead atoms. The number of likely N-dealkylation sites (tertiary alicyclic amines) is 1. The Kier molecular flexibility index (Phi) is 7.07. The summed E-state index contributed by atoms with van der Waals surface area (Å²) < 4.78 is 27.2. The van der Waals surface area contributed by atoms with Gasteiger partial charge in [0.2, 0.25) is 0 Å². The maximum atomic E-state index is 13.7. The van der Waals surface area contributed by atoms with E-state index in [0.29, 0.717) is 19.4 Å². The van der Waals surface area contributed by atoms with Gasteiger partial charge in [0.05, 0.1) is 6.54 Å². The summed E-state index contributed by atoms with van der Waals surface area (Å²) in [6.07, 6.45) is 4.93. The van der Waals surface area contributed by atoms with Crippen LogP contribution in [0.1, 0.15) is 24.2 Å². The molecule has 0 amide bonds. The fourth-order valence-corrected chi connectivity index (χ4v) is 3.90. The predicted molar refractivity (Wildman–Crippen MR) is 120 cm³/mol. The van der Waals surface area contributed by atoms with E-state index in [2.05, 4.69) is 26.6 Å². The molecule has 4 rings (SSSR count). The SMILES string of the molecule is Cc1nccn1CCOc1ccc(CN2CCC(O)(COc3ccccc3F)CC2)cc1. The van der Waals surface area contributed by atoms with Crippen molar-refractivity contribution in [2.45, 2.75) is 38.5 Å². The Labute approximate surface area is 188 Å². The third kappa shape index (κ3) is 5.87. The third-order valence-corrected chi connectivity index (χ3v) is 5.97. The molecular formula is C25H30FN3O3. The number of rotatable bonds is 9. The molecule has 170 valence electrons. The molecule has 1 aromatic heterocycles. The van der Waals surface area contributed by atoms with Crippen molar-refractivity contribution in [2.75, 3.05) is 26.3 Å². The van der Waals surface area contributed by atoms with Crippen LogP contribution in [0.25, 0.3) is 0 Å². The van der Waals surface area contributed by atoms with Crippen LogP contribution in [0.4, 0.5) is 4.39 Å². The molecule has 1 aliphatic heterocycles. The van der Waals surface area contributed by atoms with Gasteiger partial charge in [-0.15, -0.1) is 0 Å². The molecular weight excluding hydrogens is 409 g/mol. The zero-order valence-corrected chi connectivity index (χ0v) is 18.4. The third-order valence-electron chi connectivity index (χ3n) is 5.97. The number of piperidine rings is 1. The van der Waals surface area contributed by atoms with Crippen LogP contribution < -0.4 is 9.47 Å². The molecule has 32 heavy (non-hydrogen) atoms. The van der Waals surface area contributed by atoms with Gasteiger partial charge < -0.3 is 19.1 Å². The van der Waals surface area contributed by atoms with E-state index in [1.807, 2.05) is 25.3 Å². The second-order valence-corrected chi connectivity index (χ2v) is 8.38. The molecule has 0 atom stereocenters. The lowest BCUT2D eigenvalue weighted by Gasteiger charge is -2.38. The van der Waals surface area contributed by atoms with E-state index in [4.69, 9.17) is 9.47 Å². The van der Waals surface area contributed by atoms with Gasteiger partial charge in [0, 0.05) is 32.0 Å². The minimum Gasteiger partial charge on any atom is -0.492 e. The van der Waals surface area contributed by atoms with E-state index in [0.717, 1.165) is 37.8 Å². The van der Waals surface area contributed by atoms with Gasteiger partial charge in [-0.25, -0.2) is 9.37 Å². The maximum Gasteiger partial charge on any atom is 0.165 e. The Balaban J connectivity index is 1.20. The van der Waals surface area contributed by atoms with Gasteiger partial charge >= 0.3 is 0 Å². The summed E-state index contributed by atoms with van der Waals surface area (Å²) in [7, 11) is 0. The lowest BCUT2D eigenvalue weighted by Crippen LogP contribution is -2.47. The summed E-state index contributed by atoms with van der Waals surface area (Å²) in [4.78, 5) is 6.53. The van der Waals surface area contributed by atoms with Crippen molar-refractivity contribution >= 4 is 0 Å². The van der Waals surface area contributed by atoms with Crippen molar-refractivity contribution in [3.05, 3.63) is 78.1 Å². The van der Waals surface area contributed by atoms with Crippen molar-refractivity contribution in [1.82, 2.24) is 14.5 Å². The number of imidazole rings is 1. The average Bonchev–Trinajstić information content (AvgIpc) is 3.21. The molecule has 0 aliphatic carbocycles. The molecule has 1 N–H and O–H groups in total. The first-order chi connectivity index (χ1) is 15.5. The molecule has 3 aromatic rings. The average molecular weight is 440 g/mol. The number of aromatic nitrogens is 2. The molecule has 7 heteroatoms. The van der Waals surface area contributed by atoms with Crippen molar-refractivity contribution in [1.29, 1.82) is 0 Å². The number of para-hydroxylation sites is 1. The Morgan fingerprint density at radius 1 is 1.06 bits per heavy atom. The zero-order valence-electron chi connectivity index (χ0n) is 18.4. The molecule has 0 saturated carbocycles. The highest BCUT2D eigenvalue weighted by atomic mass is 19.1. The first kappa shape index (κ1) is 22.3. The minimum absolute atomic E-state index is 0.104. The van der Waals surface area contributed by atoms with Gasteiger partial charge in [-0.2, -0.15) is 0 Å². The molecule has 1 aliphatic rings. The first-order valence-corrected chi connectivity index (χ1v) is 11.0. The van der Waals surface area contributed by atoms with Crippen molar-refractivity contribution in [2.24, 2.45) is 0 Å². The highest BCUT2D eigenvalue weighted by Gasteiger charge is 2.33. The summed E-state index contributed by atoms with van der Waals surface area (Å²) in [5.41, 5.74) is 0.278. The number of halogens is 1. The molecule has 0 unspecified atom stereocenters. The van der Waals surface area contributed by atoms with Crippen LogP contribution in [0.5, 0.6) is 11.5 Å². The Morgan fingerprint density at radius 2 is 1.81 bits per heavy atom. The Hall–Kier alpha value is -2.90. The molecule has 2 heterocycles. The summed E-state index contributed by atoms with van der Waals surface area (Å²) in [6.45, 7) is 5.79. The van der Waals surface area contributed by atoms with Gasteiger partial charge in [-0.1, -0.05) is 24.3 Å². The van der Waals surface area contributed by atoms with E-state index in [-0.39, 0.29) is 12.4 Å². The van der Waals surface area contributed by atoms with E-state index < -0.39 is 11.4 Å². The fourth-order valence-electron chi connectivity index (χ4n) is 3.90. The van der Waals surface area contributed by atoms with Crippen molar-refractivity contribution in [3.63, 3.8) is 0 Å². The number of hydrogen-bond acceptors (Lipinski definition) is 5. The van der Waals surface area contributed by atoms with Gasteiger partial charge in [0.25, 0.3) is 0 Å². The lowest BCUT2D eigenvalue weighted by atomic mass is 9.92. The van der Waals surface area contributed by atoms with Gasteiger partial charge in [-0.3, -0.25) is 4.90 Å². The minimum atomic E-state index is -0.927. The predicted octanol–water partition coefficient (Wildman–Crippen LogP) is 3.82. The highest BCUT2D eigenvalue weighted by Crippen LogP contribution is 2.26. The molecule has 0 radical (unpaired) electrons. The van der Waals surface area contributed by atoms with Crippen molar-refractivity contribution < 1.29 is 19.0 Å². The quantitative estimate of drug-likeness (QED) is 0.549. The first-order valence-electron chi connectivity index (χ1n) is 11.0. The van der Waals surface area contributed by atoms with Gasteiger partial charge in [-0.05, 0) is 49.6 Å². The Morgan fingerprint density at radius 3 is 2.50 bits per heavy atom. The van der Waals surface area contributed by atoms with Crippen LogP contribution in [0.3, 0.4) is 0 Å².